The summed E-state index contributed by atoms with van der Waals surface area (Å²) >= 11 is 0. The third-order valence-electron chi connectivity index (χ3n) is 2.88. The lowest BCUT2D eigenvalue weighted by Crippen LogP contribution is -1.87. The van der Waals surface area contributed by atoms with Crippen LogP contribution in [0, 0.1) is 0 Å². The van der Waals surface area contributed by atoms with Gasteiger partial charge in [0.15, 0.2) is 5.75 Å². The van der Waals surface area contributed by atoms with Crippen LogP contribution in [0.2, 0.25) is 0 Å². The lowest BCUT2D eigenvalue weighted by Gasteiger charge is -2.10. The first-order chi connectivity index (χ1) is 9.75. The molecule has 0 fully saturated rings. The van der Waals surface area contributed by atoms with E-state index in [-0.39, 0.29) is 17.3 Å². The zero-order valence-electron chi connectivity index (χ0n) is 10.5. The van der Waals surface area contributed by atoms with E-state index in [4.69, 9.17) is 9.15 Å². The Labute approximate surface area is 115 Å². The van der Waals surface area contributed by atoms with Gasteiger partial charge in [-0.3, -0.25) is 0 Å². The second kappa shape index (κ2) is 5.01. The standard InChI is InChI=1S/C16H12O4/c17-13-10-19-16(18)15(13)12-8-4-5-9-14(12)20-11-6-2-1-3-7-11/h1-10,17-18H. The summed E-state index contributed by atoms with van der Waals surface area (Å²) in [6, 6.07) is 16.4. The summed E-state index contributed by atoms with van der Waals surface area (Å²) in [5.74, 6) is 0.714. The van der Waals surface area contributed by atoms with Crippen LogP contribution < -0.4 is 4.74 Å². The zero-order valence-corrected chi connectivity index (χ0v) is 10.5. The molecule has 0 bridgehead atoms. The van der Waals surface area contributed by atoms with E-state index in [2.05, 4.69) is 0 Å². The van der Waals surface area contributed by atoms with Crippen molar-refractivity contribution in [2.24, 2.45) is 0 Å². The van der Waals surface area contributed by atoms with Crippen molar-refractivity contribution < 1.29 is 19.4 Å². The highest BCUT2D eigenvalue weighted by molar-refractivity contribution is 5.79. The molecule has 4 heteroatoms. The van der Waals surface area contributed by atoms with E-state index in [0.717, 1.165) is 6.26 Å². The van der Waals surface area contributed by atoms with Gasteiger partial charge in [0.25, 0.3) is 5.95 Å². The van der Waals surface area contributed by atoms with E-state index >= 15 is 0 Å². The highest BCUT2D eigenvalue weighted by Gasteiger charge is 2.18. The highest BCUT2D eigenvalue weighted by atomic mass is 16.5. The minimum Gasteiger partial charge on any atom is -0.504 e. The molecule has 0 spiro atoms. The van der Waals surface area contributed by atoms with Gasteiger partial charge < -0.3 is 19.4 Å². The molecule has 2 N–H and O–H groups in total. The van der Waals surface area contributed by atoms with Gasteiger partial charge in [0, 0.05) is 5.56 Å². The van der Waals surface area contributed by atoms with E-state index in [1.165, 1.54) is 0 Å². The third-order valence-corrected chi connectivity index (χ3v) is 2.88. The Morgan fingerprint density at radius 1 is 0.850 bits per heavy atom. The van der Waals surface area contributed by atoms with Crippen LogP contribution in [0.1, 0.15) is 0 Å². The van der Waals surface area contributed by atoms with Crippen LogP contribution in [0.4, 0.5) is 0 Å². The van der Waals surface area contributed by atoms with Crippen molar-refractivity contribution in [3.63, 3.8) is 0 Å². The maximum absolute atomic E-state index is 9.77. The number of rotatable bonds is 3. The van der Waals surface area contributed by atoms with Gasteiger partial charge in [-0.1, -0.05) is 36.4 Å². The number of ether oxygens (including phenoxy) is 1. The number of benzene rings is 2. The van der Waals surface area contributed by atoms with Crippen LogP contribution in [0.15, 0.2) is 65.3 Å². The Morgan fingerprint density at radius 3 is 2.25 bits per heavy atom. The Hall–Kier alpha value is -2.88. The molecular weight excluding hydrogens is 256 g/mol. The van der Waals surface area contributed by atoms with Crippen molar-refractivity contribution in [2.45, 2.75) is 0 Å². The van der Waals surface area contributed by atoms with Gasteiger partial charge in [0.2, 0.25) is 0 Å². The van der Waals surface area contributed by atoms with Crippen molar-refractivity contribution in [3.8, 4) is 34.3 Å². The Balaban J connectivity index is 2.05. The number of para-hydroxylation sites is 2. The summed E-state index contributed by atoms with van der Waals surface area (Å²) in [6.07, 6.45) is 1.09. The fraction of sp³-hybridized carbons (Fsp3) is 0. The summed E-state index contributed by atoms with van der Waals surface area (Å²) in [7, 11) is 0. The van der Waals surface area contributed by atoms with E-state index in [0.29, 0.717) is 17.1 Å². The average molecular weight is 268 g/mol. The van der Waals surface area contributed by atoms with Crippen molar-refractivity contribution in [2.75, 3.05) is 0 Å². The van der Waals surface area contributed by atoms with Gasteiger partial charge in [0.1, 0.15) is 23.3 Å². The van der Waals surface area contributed by atoms with Gasteiger partial charge in [-0.05, 0) is 18.2 Å². The minimum absolute atomic E-state index is 0.133. The van der Waals surface area contributed by atoms with Crippen LogP contribution in [0.5, 0.6) is 23.2 Å². The predicted molar refractivity (Wildman–Crippen MR) is 74.0 cm³/mol. The third kappa shape index (κ3) is 2.19. The van der Waals surface area contributed by atoms with E-state index < -0.39 is 0 Å². The van der Waals surface area contributed by atoms with Crippen LogP contribution >= 0.6 is 0 Å². The average Bonchev–Trinajstić information content (AvgIpc) is 2.80. The number of hydrogen-bond acceptors (Lipinski definition) is 4. The lowest BCUT2D eigenvalue weighted by molar-refractivity contribution is 0.332. The molecule has 0 unspecified atom stereocenters. The summed E-state index contributed by atoms with van der Waals surface area (Å²) in [5.41, 5.74) is 0.775. The van der Waals surface area contributed by atoms with Crippen LogP contribution in [-0.2, 0) is 0 Å². The number of furan rings is 1. The first kappa shape index (κ1) is 12.2. The Bertz CT molecular complexity index is 697. The summed E-state index contributed by atoms with van der Waals surface area (Å²) in [5, 5.41) is 19.5. The molecule has 2 aromatic carbocycles. The molecule has 0 aliphatic rings. The second-order valence-corrected chi connectivity index (χ2v) is 4.21. The number of hydrogen-bond donors (Lipinski definition) is 2. The largest absolute Gasteiger partial charge is 0.504 e. The molecule has 0 aliphatic heterocycles. The van der Waals surface area contributed by atoms with Crippen LogP contribution in [0.3, 0.4) is 0 Å². The normalized spacial score (nSPS) is 10.4. The number of aromatic hydroxyl groups is 2. The molecule has 3 aromatic rings. The van der Waals surface area contributed by atoms with Crippen molar-refractivity contribution in [3.05, 3.63) is 60.9 Å². The van der Waals surface area contributed by atoms with Gasteiger partial charge in [-0.2, -0.15) is 0 Å². The maximum atomic E-state index is 9.77. The fourth-order valence-electron chi connectivity index (χ4n) is 1.97. The molecule has 0 amide bonds. The molecule has 0 saturated carbocycles. The van der Waals surface area contributed by atoms with Gasteiger partial charge >= 0.3 is 0 Å². The smallest absolute Gasteiger partial charge is 0.294 e. The second-order valence-electron chi connectivity index (χ2n) is 4.21. The van der Waals surface area contributed by atoms with E-state index in [9.17, 15) is 10.2 Å². The molecule has 20 heavy (non-hydrogen) atoms. The predicted octanol–water partition coefficient (Wildman–Crippen LogP) is 4.15. The molecule has 1 aromatic heterocycles. The molecule has 100 valence electrons. The summed E-state index contributed by atoms with van der Waals surface area (Å²) in [6.45, 7) is 0. The molecule has 0 aliphatic carbocycles. The van der Waals surface area contributed by atoms with Crippen molar-refractivity contribution in [1.82, 2.24) is 0 Å². The summed E-state index contributed by atoms with van der Waals surface area (Å²) < 4.78 is 10.6. The minimum atomic E-state index is -0.341. The van der Waals surface area contributed by atoms with E-state index in [1.807, 2.05) is 36.4 Å². The SMILES string of the molecule is Oc1coc(O)c1-c1ccccc1Oc1ccccc1. The lowest BCUT2D eigenvalue weighted by atomic mass is 10.1. The molecular formula is C16H12O4. The zero-order chi connectivity index (χ0) is 13.9. The summed E-state index contributed by atoms with van der Waals surface area (Å²) in [4.78, 5) is 0. The Kier molecular flexibility index (Phi) is 3.05. The Morgan fingerprint density at radius 2 is 1.55 bits per heavy atom. The first-order valence-corrected chi connectivity index (χ1v) is 6.07. The monoisotopic (exact) mass is 268 g/mol. The molecule has 0 radical (unpaired) electrons. The quantitative estimate of drug-likeness (QED) is 0.749. The van der Waals surface area contributed by atoms with Gasteiger partial charge in [-0.25, -0.2) is 0 Å². The molecule has 0 atom stereocenters. The maximum Gasteiger partial charge on any atom is 0.294 e. The fourth-order valence-corrected chi connectivity index (χ4v) is 1.97. The van der Waals surface area contributed by atoms with E-state index in [1.54, 1.807) is 18.2 Å². The van der Waals surface area contributed by atoms with Crippen LogP contribution in [0.25, 0.3) is 11.1 Å². The van der Waals surface area contributed by atoms with Crippen molar-refractivity contribution >= 4 is 0 Å². The highest BCUT2D eigenvalue weighted by Crippen LogP contribution is 2.44. The van der Waals surface area contributed by atoms with Gasteiger partial charge in [-0.15, -0.1) is 0 Å². The molecule has 4 nitrogen and oxygen atoms in total. The molecule has 0 saturated heterocycles. The molecule has 1 heterocycles. The van der Waals surface area contributed by atoms with Gasteiger partial charge in [0.05, 0.1) is 0 Å². The van der Waals surface area contributed by atoms with Crippen molar-refractivity contribution in [1.29, 1.82) is 0 Å². The topological polar surface area (TPSA) is 62.8 Å². The first-order valence-electron chi connectivity index (χ1n) is 6.07. The van der Waals surface area contributed by atoms with Crippen LogP contribution in [-0.4, -0.2) is 10.2 Å². The molecule has 3 rings (SSSR count).